The number of aldehydes is 1. The van der Waals surface area contributed by atoms with E-state index in [-0.39, 0.29) is 5.41 Å². The summed E-state index contributed by atoms with van der Waals surface area (Å²) in [6.45, 7) is 6.57. The Balaban J connectivity index is 2.40. The van der Waals surface area contributed by atoms with Gasteiger partial charge in [-0.25, -0.2) is 0 Å². The number of carbonyl (C=O) groups excluding carboxylic acids is 1. The average molecular weight is 252 g/mol. The lowest BCUT2D eigenvalue weighted by Gasteiger charge is -2.20. The van der Waals surface area contributed by atoms with Crippen molar-refractivity contribution in [2.75, 3.05) is 0 Å². The van der Waals surface area contributed by atoms with Gasteiger partial charge in [0.05, 0.1) is 0 Å². The Morgan fingerprint density at radius 3 is 2.26 bits per heavy atom. The summed E-state index contributed by atoms with van der Waals surface area (Å²) < 4.78 is 0. The van der Waals surface area contributed by atoms with Gasteiger partial charge in [-0.2, -0.15) is 0 Å². The Kier molecular flexibility index (Phi) is 3.84. The minimum Gasteiger partial charge on any atom is -0.298 e. The molecule has 19 heavy (non-hydrogen) atoms. The van der Waals surface area contributed by atoms with Gasteiger partial charge in [0.25, 0.3) is 0 Å². The molecule has 0 aromatic heterocycles. The summed E-state index contributed by atoms with van der Waals surface area (Å²) >= 11 is 0. The van der Waals surface area contributed by atoms with E-state index < -0.39 is 0 Å². The Morgan fingerprint density at radius 1 is 1.00 bits per heavy atom. The molecule has 0 saturated heterocycles. The summed E-state index contributed by atoms with van der Waals surface area (Å²) in [5.74, 6) is 0. The van der Waals surface area contributed by atoms with E-state index in [9.17, 15) is 4.79 Å². The van der Waals surface area contributed by atoms with E-state index in [0.29, 0.717) is 0 Å². The SMILES string of the molecule is CC(C)(C)c1ccc(C=O)c(Cc2ccccc2)c1. The highest BCUT2D eigenvalue weighted by molar-refractivity contribution is 5.77. The fourth-order valence-electron chi connectivity index (χ4n) is 2.16. The maximum absolute atomic E-state index is 11.2. The highest BCUT2D eigenvalue weighted by Crippen LogP contribution is 2.25. The fraction of sp³-hybridized carbons (Fsp3) is 0.278. The second kappa shape index (κ2) is 5.40. The molecule has 0 aliphatic rings. The topological polar surface area (TPSA) is 17.1 Å². The monoisotopic (exact) mass is 252 g/mol. The highest BCUT2D eigenvalue weighted by atomic mass is 16.1. The van der Waals surface area contributed by atoms with Crippen LogP contribution < -0.4 is 0 Å². The van der Waals surface area contributed by atoms with Crippen LogP contribution in [0.1, 0.15) is 47.8 Å². The van der Waals surface area contributed by atoms with E-state index >= 15 is 0 Å². The van der Waals surface area contributed by atoms with Crippen LogP contribution in [0.15, 0.2) is 48.5 Å². The van der Waals surface area contributed by atoms with E-state index in [2.05, 4.69) is 45.0 Å². The van der Waals surface area contributed by atoms with Gasteiger partial charge < -0.3 is 0 Å². The summed E-state index contributed by atoms with van der Waals surface area (Å²) in [7, 11) is 0. The average Bonchev–Trinajstić information content (AvgIpc) is 2.39. The predicted molar refractivity (Wildman–Crippen MR) is 79.8 cm³/mol. The Bertz CT molecular complexity index is 562. The number of hydrogen-bond donors (Lipinski definition) is 0. The first-order chi connectivity index (χ1) is 9.00. The third-order valence-electron chi connectivity index (χ3n) is 3.37. The molecule has 1 heteroatoms. The van der Waals surface area contributed by atoms with E-state index in [1.165, 1.54) is 11.1 Å². The van der Waals surface area contributed by atoms with Crippen LogP contribution in [0, 0.1) is 0 Å². The molecule has 0 bridgehead atoms. The molecule has 2 aromatic carbocycles. The minimum atomic E-state index is 0.104. The van der Waals surface area contributed by atoms with E-state index in [0.717, 1.165) is 23.8 Å². The van der Waals surface area contributed by atoms with Crippen molar-refractivity contribution in [3.05, 3.63) is 70.8 Å². The van der Waals surface area contributed by atoms with Gasteiger partial charge in [-0.15, -0.1) is 0 Å². The lowest BCUT2D eigenvalue weighted by atomic mass is 9.84. The van der Waals surface area contributed by atoms with Gasteiger partial charge in [0.15, 0.2) is 0 Å². The van der Waals surface area contributed by atoms with Crippen LogP contribution in [-0.4, -0.2) is 6.29 Å². The van der Waals surface area contributed by atoms with E-state index in [1.54, 1.807) is 0 Å². The summed E-state index contributed by atoms with van der Waals surface area (Å²) in [6, 6.07) is 16.4. The second-order valence-electron chi connectivity index (χ2n) is 5.94. The second-order valence-corrected chi connectivity index (χ2v) is 5.94. The summed E-state index contributed by atoms with van der Waals surface area (Å²) in [5, 5.41) is 0. The fourth-order valence-corrected chi connectivity index (χ4v) is 2.16. The molecular weight excluding hydrogens is 232 g/mol. The third-order valence-corrected chi connectivity index (χ3v) is 3.37. The number of benzene rings is 2. The van der Waals surface area contributed by atoms with Gasteiger partial charge in [-0.3, -0.25) is 4.79 Å². The molecule has 0 aliphatic heterocycles. The van der Waals surface area contributed by atoms with Crippen LogP contribution in [-0.2, 0) is 11.8 Å². The molecule has 0 saturated carbocycles. The van der Waals surface area contributed by atoms with Crippen LogP contribution in [0.3, 0.4) is 0 Å². The van der Waals surface area contributed by atoms with Gasteiger partial charge in [0.1, 0.15) is 6.29 Å². The summed E-state index contributed by atoms with van der Waals surface area (Å²) in [6.07, 6.45) is 1.75. The van der Waals surface area contributed by atoms with Crippen molar-refractivity contribution in [2.24, 2.45) is 0 Å². The molecule has 0 unspecified atom stereocenters. The molecule has 0 atom stereocenters. The lowest BCUT2D eigenvalue weighted by molar-refractivity contribution is 0.112. The molecule has 0 spiro atoms. The lowest BCUT2D eigenvalue weighted by Crippen LogP contribution is -2.12. The Labute approximate surface area is 115 Å². The standard InChI is InChI=1S/C18H20O/c1-18(2,3)17-10-9-15(13-19)16(12-17)11-14-7-5-4-6-8-14/h4-10,12-13H,11H2,1-3H3. The quantitative estimate of drug-likeness (QED) is 0.740. The molecule has 0 fully saturated rings. The maximum atomic E-state index is 11.2. The van der Waals surface area contributed by atoms with Crippen molar-refractivity contribution in [3.63, 3.8) is 0 Å². The van der Waals surface area contributed by atoms with Gasteiger partial charge in [0.2, 0.25) is 0 Å². The number of hydrogen-bond acceptors (Lipinski definition) is 1. The zero-order valence-corrected chi connectivity index (χ0v) is 11.8. The van der Waals surface area contributed by atoms with E-state index in [1.807, 2.05) is 24.3 Å². The van der Waals surface area contributed by atoms with Gasteiger partial charge in [-0.1, -0.05) is 69.3 Å². The van der Waals surface area contributed by atoms with Crippen LogP contribution in [0.5, 0.6) is 0 Å². The smallest absolute Gasteiger partial charge is 0.150 e. The van der Waals surface area contributed by atoms with Crippen molar-refractivity contribution in [1.82, 2.24) is 0 Å². The maximum Gasteiger partial charge on any atom is 0.150 e. The zero-order chi connectivity index (χ0) is 13.9. The van der Waals surface area contributed by atoms with Gasteiger partial charge in [0, 0.05) is 5.56 Å². The number of carbonyl (C=O) groups is 1. The summed E-state index contributed by atoms with van der Waals surface area (Å²) in [5.41, 5.74) is 4.50. The molecular formula is C18H20O. The summed E-state index contributed by atoms with van der Waals surface area (Å²) in [4.78, 5) is 11.2. The molecule has 2 aromatic rings. The van der Waals surface area contributed by atoms with Crippen LogP contribution in [0.4, 0.5) is 0 Å². The molecule has 0 aliphatic carbocycles. The van der Waals surface area contributed by atoms with Crippen molar-refractivity contribution in [2.45, 2.75) is 32.6 Å². The van der Waals surface area contributed by atoms with Crippen LogP contribution in [0.25, 0.3) is 0 Å². The van der Waals surface area contributed by atoms with Crippen molar-refractivity contribution >= 4 is 6.29 Å². The highest BCUT2D eigenvalue weighted by Gasteiger charge is 2.15. The van der Waals surface area contributed by atoms with Crippen molar-refractivity contribution in [3.8, 4) is 0 Å². The minimum absolute atomic E-state index is 0.104. The molecule has 98 valence electrons. The number of rotatable bonds is 3. The van der Waals surface area contributed by atoms with E-state index in [4.69, 9.17) is 0 Å². The third kappa shape index (κ3) is 3.31. The Morgan fingerprint density at radius 2 is 1.68 bits per heavy atom. The zero-order valence-electron chi connectivity index (χ0n) is 11.8. The predicted octanol–water partition coefficient (Wildman–Crippen LogP) is 4.39. The molecule has 0 heterocycles. The van der Waals surface area contributed by atoms with Crippen LogP contribution in [0.2, 0.25) is 0 Å². The first kappa shape index (κ1) is 13.5. The molecule has 0 amide bonds. The Hall–Kier alpha value is -1.89. The van der Waals surface area contributed by atoms with Crippen molar-refractivity contribution < 1.29 is 4.79 Å². The molecule has 2 rings (SSSR count). The largest absolute Gasteiger partial charge is 0.298 e. The first-order valence-corrected chi connectivity index (χ1v) is 6.63. The van der Waals surface area contributed by atoms with Crippen molar-refractivity contribution in [1.29, 1.82) is 0 Å². The molecule has 0 radical (unpaired) electrons. The first-order valence-electron chi connectivity index (χ1n) is 6.63. The molecule has 1 nitrogen and oxygen atoms in total. The normalized spacial score (nSPS) is 11.3. The van der Waals surface area contributed by atoms with Crippen LogP contribution >= 0.6 is 0 Å². The molecule has 0 N–H and O–H groups in total. The van der Waals surface area contributed by atoms with Gasteiger partial charge in [-0.05, 0) is 28.5 Å². The van der Waals surface area contributed by atoms with Gasteiger partial charge >= 0.3 is 0 Å².